The molecule has 0 bridgehead atoms. The Kier molecular flexibility index (Phi) is 8.39. The van der Waals surface area contributed by atoms with Gasteiger partial charge in [0.25, 0.3) is 5.69 Å². The summed E-state index contributed by atoms with van der Waals surface area (Å²) < 4.78 is 11.9. The predicted molar refractivity (Wildman–Crippen MR) is 137 cm³/mol. The van der Waals surface area contributed by atoms with Gasteiger partial charge in [0.05, 0.1) is 23.0 Å². The van der Waals surface area contributed by atoms with Gasteiger partial charge in [-0.1, -0.05) is 27.2 Å². The second-order valence-electron chi connectivity index (χ2n) is 11.5. The van der Waals surface area contributed by atoms with E-state index in [-0.39, 0.29) is 53.6 Å². The van der Waals surface area contributed by atoms with Crippen molar-refractivity contribution in [2.24, 2.45) is 11.8 Å². The first-order valence-electron chi connectivity index (χ1n) is 12.6. The number of nitro groups is 1. The van der Waals surface area contributed by atoms with Crippen molar-refractivity contribution in [1.82, 2.24) is 4.90 Å². The third-order valence-corrected chi connectivity index (χ3v) is 12.5. The maximum Gasteiger partial charge on any atom is 0.325 e. The van der Waals surface area contributed by atoms with E-state index in [1.54, 1.807) is 0 Å². The van der Waals surface area contributed by atoms with Crippen molar-refractivity contribution in [3.8, 4) is 0 Å². The van der Waals surface area contributed by atoms with Gasteiger partial charge in [-0.05, 0) is 55.6 Å². The number of carbonyl (C=O) groups is 3. The van der Waals surface area contributed by atoms with E-state index in [1.807, 2.05) is 6.92 Å². The number of likely N-dealkylation sites (tertiary alicyclic amines) is 1. The van der Waals surface area contributed by atoms with Gasteiger partial charge in [0, 0.05) is 24.5 Å². The van der Waals surface area contributed by atoms with E-state index >= 15 is 0 Å². The fourth-order valence-electron chi connectivity index (χ4n) is 4.87. The Labute approximate surface area is 213 Å². The van der Waals surface area contributed by atoms with Gasteiger partial charge in [-0.25, -0.2) is 0 Å². The summed E-state index contributed by atoms with van der Waals surface area (Å²) in [5, 5.41) is 10.8. The van der Waals surface area contributed by atoms with Gasteiger partial charge in [0.2, 0.25) is 5.91 Å². The van der Waals surface area contributed by atoms with Crippen LogP contribution in [-0.2, 0) is 30.2 Å². The molecule has 9 nitrogen and oxygen atoms in total. The standard InChI is InChI=1S/C26H38N2O7Si/c1-17(35-36(5,6)26(2,3)4)23-24(20-9-7-8-10-21(20)29)27(25(23)31)15-22(30)34-16-18-11-13-19(14-12-18)28(32)33/h11-14,17,20,23-24H,7-10,15-16H2,1-6H3/t17-,20+,23-,24+/m1/s1. The minimum atomic E-state index is -2.14. The minimum Gasteiger partial charge on any atom is -0.459 e. The summed E-state index contributed by atoms with van der Waals surface area (Å²) in [7, 11) is -2.14. The molecule has 1 saturated carbocycles. The fraction of sp³-hybridized carbons (Fsp3) is 0.654. The normalized spacial score (nSPS) is 23.7. The molecule has 0 radical (unpaired) electrons. The zero-order valence-electron chi connectivity index (χ0n) is 22.1. The largest absolute Gasteiger partial charge is 0.459 e. The number of non-ortho nitro benzene ring substituents is 1. The number of Topliss-reactive ketones (excluding diaryl/α,β-unsaturated/α-hetero) is 1. The van der Waals surface area contributed by atoms with E-state index in [9.17, 15) is 24.5 Å². The molecule has 1 amide bonds. The smallest absolute Gasteiger partial charge is 0.325 e. The van der Waals surface area contributed by atoms with E-state index < -0.39 is 25.1 Å². The molecule has 36 heavy (non-hydrogen) atoms. The molecule has 1 aliphatic heterocycles. The van der Waals surface area contributed by atoms with Crippen LogP contribution < -0.4 is 0 Å². The van der Waals surface area contributed by atoms with Gasteiger partial charge < -0.3 is 14.1 Å². The molecular weight excluding hydrogens is 480 g/mol. The van der Waals surface area contributed by atoms with E-state index in [0.717, 1.165) is 12.8 Å². The minimum absolute atomic E-state index is 0.0223. The molecule has 2 aliphatic rings. The Bertz CT molecular complexity index is 1000. The lowest BCUT2D eigenvalue weighted by Gasteiger charge is -2.53. The quantitative estimate of drug-likeness (QED) is 0.154. The zero-order chi connectivity index (χ0) is 26.8. The van der Waals surface area contributed by atoms with E-state index in [1.165, 1.54) is 29.2 Å². The van der Waals surface area contributed by atoms with Crippen LogP contribution in [0.15, 0.2) is 24.3 Å². The number of nitrogens with zero attached hydrogens (tertiary/aromatic N) is 2. The molecule has 0 spiro atoms. The highest BCUT2D eigenvalue weighted by atomic mass is 28.4. The number of esters is 1. The second-order valence-corrected chi connectivity index (χ2v) is 16.2. The molecule has 1 saturated heterocycles. The Morgan fingerprint density at radius 1 is 1.19 bits per heavy atom. The van der Waals surface area contributed by atoms with Crippen LogP contribution in [0.2, 0.25) is 18.1 Å². The number of hydrogen-bond acceptors (Lipinski definition) is 7. The number of amides is 1. The van der Waals surface area contributed by atoms with Gasteiger partial charge in [-0.3, -0.25) is 24.5 Å². The Morgan fingerprint density at radius 3 is 2.39 bits per heavy atom. The van der Waals surface area contributed by atoms with Crippen molar-refractivity contribution < 1.29 is 28.5 Å². The van der Waals surface area contributed by atoms with E-state index in [2.05, 4.69) is 33.9 Å². The molecule has 0 aromatic heterocycles. The number of carbonyl (C=O) groups excluding carboxylic acids is 3. The lowest BCUT2D eigenvalue weighted by Crippen LogP contribution is -2.69. The summed E-state index contributed by atoms with van der Waals surface area (Å²) >= 11 is 0. The summed E-state index contributed by atoms with van der Waals surface area (Å²) in [6, 6.07) is 5.37. The molecule has 0 unspecified atom stereocenters. The van der Waals surface area contributed by atoms with Gasteiger partial charge in [0.1, 0.15) is 18.9 Å². The SMILES string of the molecule is C[C@@H](O[Si](C)(C)C(C)(C)C)[C@H]1C(=O)N(CC(=O)OCc2ccc([N+](=O)[O-])cc2)[C@H]1[C@H]1CCCCC1=O. The molecule has 3 rings (SSSR count). The van der Waals surface area contributed by atoms with Crippen LogP contribution in [0, 0.1) is 22.0 Å². The third kappa shape index (κ3) is 6.03. The molecule has 1 aromatic carbocycles. The van der Waals surface area contributed by atoms with Crippen molar-refractivity contribution >= 4 is 31.7 Å². The highest BCUT2D eigenvalue weighted by Gasteiger charge is 2.56. The van der Waals surface area contributed by atoms with Crippen LogP contribution in [0.4, 0.5) is 5.69 Å². The number of ether oxygens (including phenoxy) is 1. The van der Waals surface area contributed by atoms with Crippen LogP contribution in [0.25, 0.3) is 0 Å². The molecule has 4 atom stereocenters. The number of β-lactam (4-membered cyclic amide) rings is 1. The molecule has 198 valence electrons. The van der Waals surface area contributed by atoms with E-state index in [0.29, 0.717) is 18.4 Å². The first-order chi connectivity index (χ1) is 16.7. The van der Waals surface area contributed by atoms with Crippen molar-refractivity contribution in [1.29, 1.82) is 0 Å². The van der Waals surface area contributed by atoms with Crippen LogP contribution in [0.1, 0.15) is 58.9 Å². The number of rotatable bonds is 9. The summed E-state index contributed by atoms with van der Waals surface area (Å²) in [6.45, 7) is 12.3. The molecule has 10 heteroatoms. The molecule has 1 aromatic rings. The van der Waals surface area contributed by atoms with Crippen molar-refractivity contribution in [3.63, 3.8) is 0 Å². The maximum absolute atomic E-state index is 13.3. The number of nitro benzene ring substituents is 1. The topological polar surface area (TPSA) is 116 Å². The Hall–Kier alpha value is -2.59. The molecule has 2 fully saturated rings. The molecule has 1 aliphatic carbocycles. The predicted octanol–water partition coefficient (Wildman–Crippen LogP) is 4.63. The van der Waals surface area contributed by atoms with Crippen LogP contribution in [0.5, 0.6) is 0 Å². The Morgan fingerprint density at radius 2 is 1.83 bits per heavy atom. The summed E-state index contributed by atoms with van der Waals surface area (Å²) in [5.74, 6) is -1.38. The monoisotopic (exact) mass is 518 g/mol. The van der Waals surface area contributed by atoms with Crippen LogP contribution >= 0.6 is 0 Å². The van der Waals surface area contributed by atoms with Crippen molar-refractivity contribution in [2.75, 3.05) is 6.54 Å². The molecule has 0 N–H and O–H groups in total. The first-order valence-corrected chi connectivity index (χ1v) is 15.5. The van der Waals surface area contributed by atoms with Crippen LogP contribution in [-0.4, -0.2) is 54.5 Å². The lowest BCUT2D eigenvalue weighted by atomic mass is 9.70. The highest BCUT2D eigenvalue weighted by molar-refractivity contribution is 6.74. The van der Waals surface area contributed by atoms with Gasteiger partial charge in [-0.15, -0.1) is 0 Å². The molecule has 1 heterocycles. The average Bonchev–Trinajstić information content (AvgIpc) is 2.79. The lowest BCUT2D eigenvalue weighted by molar-refractivity contribution is -0.384. The maximum atomic E-state index is 13.3. The van der Waals surface area contributed by atoms with Crippen molar-refractivity contribution in [3.05, 3.63) is 39.9 Å². The Balaban J connectivity index is 1.70. The molecular formula is C26H38N2O7Si. The van der Waals surface area contributed by atoms with E-state index in [4.69, 9.17) is 9.16 Å². The van der Waals surface area contributed by atoms with Gasteiger partial charge in [0.15, 0.2) is 8.32 Å². The highest BCUT2D eigenvalue weighted by Crippen LogP contribution is 2.43. The van der Waals surface area contributed by atoms with Gasteiger partial charge >= 0.3 is 5.97 Å². The number of ketones is 1. The summed E-state index contributed by atoms with van der Waals surface area (Å²) in [6.07, 6.45) is 2.62. The number of benzene rings is 1. The average molecular weight is 519 g/mol. The first kappa shape index (κ1) is 28.0. The summed E-state index contributed by atoms with van der Waals surface area (Å²) in [4.78, 5) is 50.6. The number of hydrogen-bond donors (Lipinski definition) is 0. The second kappa shape index (κ2) is 10.8. The zero-order valence-corrected chi connectivity index (χ0v) is 23.1. The third-order valence-electron chi connectivity index (χ3n) is 7.95. The summed E-state index contributed by atoms with van der Waals surface area (Å²) in [5.41, 5.74) is 0.563. The van der Waals surface area contributed by atoms with Crippen LogP contribution in [0.3, 0.4) is 0 Å². The fourth-order valence-corrected chi connectivity index (χ4v) is 6.30. The van der Waals surface area contributed by atoms with Gasteiger partial charge in [-0.2, -0.15) is 0 Å². The van der Waals surface area contributed by atoms with Crippen molar-refractivity contribution in [2.45, 2.75) is 90.3 Å².